The Labute approximate surface area is 150 Å². The van der Waals surface area contributed by atoms with Gasteiger partial charge < -0.3 is 15.0 Å². The molecule has 9 heteroatoms. The number of nitrogens with zero attached hydrogens (tertiary/aromatic N) is 3. The molecule has 0 unspecified atom stereocenters. The van der Waals surface area contributed by atoms with Gasteiger partial charge in [-0.1, -0.05) is 18.2 Å². The molecule has 1 aliphatic rings. The maximum Gasteiger partial charge on any atom is 0.289 e. The van der Waals surface area contributed by atoms with Crippen LogP contribution in [0.1, 0.15) is 10.5 Å². The Morgan fingerprint density at radius 2 is 1.88 bits per heavy atom. The van der Waals surface area contributed by atoms with Gasteiger partial charge in [0.15, 0.2) is 10.8 Å². The highest BCUT2D eigenvalue weighted by molar-refractivity contribution is 7.80. The second-order valence-corrected chi connectivity index (χ2v) is 5.67. The molecule has 1 aromatic carbocycles. The summed E-state index contributed by atoms with van der Waals surface area (Å²) in [7, 11) is 0. The van der Waals surface area contributed by atoms with Gasteiger partial charge in [-0.05, 0) is 24.4 Å². The molecule has 1 aliphatic heterocycles. The largest absolute Gasteiger partial charge is 0.378 e. The lowest BCUT2D eigenvalue weighted by atomic mass is 10.3. The number of para-hydroxylation sites is 1. The molecule has 8 nitrogen and oxygen atoms in total. The SMILES string of the molecule is O=C(NNC(=S)Nc1ccccc1)c1cncc(N2CCOCC2)n1. The van der Waals surface area contributed by atoms with Crippen molar-refractivity contribution in [1.82, 2.24) is 20.8 Å². The lowest BCUT2D eigenvalue weighted by Gasteiger charge is -2.27. The van der Waals surface area contributed by atoms with Gasteiger partial charge >= 0.3 is 0 Å². The van der Waals surface area contributed by atoms with Gasteiger partial charge in [-0.25, -0.2) is 4.98 Å². The van der Waals surface area contributed by atoms with Gasteiger partial charge in [0.25, 0.3) is 5.91 Å². The van der Waals surface area contributed by atoms with Crippen LogP contribution < -0.4 is 21.1 Å². The molecule has 0 spiro atoms. The van der Waals surface area contributed by atoms with Crippen LogP contribution in [-0.2, 0) is 4.74 Å². The van der Waals surface area contributed by atoms with Crippen LogP contribution in [0.4, 0.5) is 11.5 Å². The monoisotopic (exact) mass is 358 g/mol. The summed E-state index contributed by atoms with van der Waals surface area (Å²) in [6.45, 7) is 2.73. The number of anilines is 2. The van der Waals surface area contributed by atoms with Crippen LogP contribution in [0.3, 0.4) is 0 Å². The molecule has 3 N–H and O–H groups in total. The summed E-state index contributed by atoms with van der Waals surface area (Å²) in [6.07, 6.45) is 3.05. The zero-order valence-corrected chi connectivity index (χ0v) is 14.3. The fraction of sp³-hybridized carbons (Fsp3) is 0.250. The Morgan fingerprint density at radius 3 is 2.64 bits per heavy atom. The Kier molecular flexibility index (Phi) is 5.70. The molecular weight excluding hydrogens is 340 g/mol. The van der Waals surface area contributed by atoms with Crippen molar-refractivity contribution in [3.05, 3.63) is 48.4 Å². The number of ether oxygens (including phenoxy) is 1. The highest BCUT2D eigenvalue weighted by Gasteiger charge is 2.15. The van der Waals surface area contributed by atoms with Crippen molar-refractivity contribution in [2.24, 2.45) is 0 Å². The average Bonchev–Trinajstić information content (AvgIpc) is 2.68. The summed E-state index contributed by atoms with van der Waals surface area (Å²) >= 11 is 5.14. The summed E-state index contributed by atoms with van der Waals surface area (Å²) in [6, 6.07) is 9.41. The van der Waals surface area contributed by atoms with Gasteiger partial charge in [0, 0.05) is 18.8 Å². The fourth-order valence-electron chi connectivity index (χ4n) is 2.27. The number of aromatic nitrogens is 2. The number of amides is 1. The van der Waals surface area contributed by atoms with E-state index in [9.17, 15) is 4.79 Å². The van der Waals surface area contributed by atoms with E-state index >= 15 is 0 Å². The number of carbonyl (C=O) groups excluding carboxylic acids is 1. The maximum absolute atomic E-state index is 12.2. The number of thiocarbonyl (C=S) groups is 1. The van der Waals surface area contributed by atoms with Gasteiger partial charge in [0.05, 0.1) is 25.6 Å². The number of hydrogen-bond acceptors (Lipinski definition) is 6. The molecule has 1 amide bonds. The van der Waals surface area contributed by atoms with Crippen molar-refractivity contribution >= 4 is 34.7 Å². The average molecular weight is 358 g/mol. The van der Waals surface area contributed by atoms with Crippen molar-refractivity contribution in [1.29, 1.82) is 0 Å². The number of hydrazine groups is 1. The Morgan fingerprint density at radius 1 is 1.12 bits per heavy atom. The lowest BCUT2D eigenvalue weighted by molar-refractivity contribution is 0.0938. The fourth-order valence-corrected chi connectivity index (χ4v) is 2.44. The van der Waals surface area contributed by atoms with Crippen LogP contribution in [-0.4, -0.2) is 47.3 Å². The molecule has 1 fully saturated rings. The molecule has 1 aromatic heterocycles. The smallest absolute Gasteiger partial charge is 0.289 e. The summed E-state index contributed by atoms with van der Waals surface area (Å²) in [5.41, 5.74) is 6.19. The van der Waals surface area contributed by atoms with E-state index in [2.05, 4.69) is 26.1 Å². The molecule has 2 aromatic rings. The van der Waals surface area contributed by atoms with Gasteiger partial charge in [-0.15, -0.1) is 0 Å². The molecule has 130 valence electrons. The van der Waals surface area contributed by atoms with Crippen LogP contribution in [0.25, 0.3) is 0 Å². The molecule has 0 bridgehead atoms. The van der Waals surface area contributed by atoms with Crippen LogP contribution in [0.5, 0.6) is 0 Å². The molecular formula is C16H18N6O2S. The predicted molar refractivity (Wildman–Crippen MR) is 98.3 cm³/mol. The third kappa shape index (κ3) is 4.85. The number of rotatable bonds is 3. The minimum atomic E-state index is -0.417. The second-order valence-electron chi connectivity index (χ2n) is 5.26. The summed E-state index contributed by atoms with van der Waals surface area (Å²) in [4.78, 5) is 22.7. The van der Waals surface area contributed by atoms with Crippen LogP contribution in [0.2, 0.25) is 0 Å². The standard InChI is InChI=1S/C16H18N6O2S/c23-15(20-21-16(25)18-12-4-2-1-3-5-12)13-10-17-11-14(19-13)22-6-8-24-9-7-22/h1-5,10-11H,6-9H2,(H,20,23)(H2,18,21,25). The van der Waals surface area contributed by atoms with Crippen molar-refractivity contribution in [2.45, 2.75) is 0 Å². The van der Waals surface area contributed by atoms with Crippen LogP contribution in [0.15, 0.2) is 42.7 Å². The summed E-state index contributed by atoms with van der Waals surface area (Å²) in [5.74, 6) is 0.237. The van der Waals surface area contributed by atoms with E-state index in [4.69, 9.17) is 17.0 Å². The first-order valence-corrected chi connectivity index (χ1v) is 8.20. The Balaban J connectivity index is 1.55. The van der Waals surface area contributed by atoms with Gasteiger partial charge in [0.2, 0.25) is 0 Å². The zero-order chi connectivity index (χ0) is 17.5. The predicted octanol–water partition coefficient (Wildman–Crippen LogP) is 0.945. The third-order valence-corrected chi connectivity index (χ3v) is 3.71. The minimum absolute atomic E-state index is 0.207. The Bertz CT molecular complexity index is 736. The molecule has 3 rings (SSSR count). The lowest BCUT2D eigenvalue weighted by Crippen LogP contribution is -2.44. The maximum atomic E-state index is 12.2. The first-order chi connectivity index (χ1) is 12.2. The van der Waals surface area contributed by atoms with Crippen LogP contribution >= 0.6 is 12.2 Å². The number of carbonyl (C=O) groups is 1. The van der Waals surface area contributed by atoms with Gasteiger partial charge in [-0.2, -0.15) is 0 Å². The van der Waals surface area contributed by atoms with E-state index in [0.29, 0.717) is 19.0 Å². The van der Waals surface area contributed by atoms with Crippen molar-refractivity contribution in [3.8, 4) is 0 Å². The topological polar surface area (TPSA) is 91.4 Å². The first kappa shape index (κ1) is 17.1. The number of morpholine rings is 1. The second kappa shape index (κ2) is 8.36. The van der Waals surface area contributed by atoms with E-state index < -0.39 is 5.91 Å². The van der Waals surface area contributed by atoms with E-state index in [0.717, 1.165) is 18.8 Å². The molecule has 0 radical (unpaired) electrons. The molecule has 25 heavy (non-hydrogen) atoms. The number of hydrogen-bond donors (Lipinski definition) is 3. The molecule has 0 aliphatic carbocycles. The van der Waals surface area contributed by atoms with Crippen molar-refractivity contribution in [2.75, 3.05) is 36.5 Å². The van der Waals surface area contributed by atoms with Crippen molar-refractivity contribution in [3.63, 3.8) is 0 Å². The zero-order valence-electron chi connectivity index (χ0n) is 13.4. The molecule has 0 atom stereocenters. The third-order valence-electron chi connectivity index (χ3n) is 3.51. The van der Waals surface area contributed by atoms with E-state index in [1.54, 1.807) is 6.20 Å². The Hall–Kier alpha value is -2.78. The van der Waals surface area contributed by atoms with E-state index in [1.807, 2.05) is 35.2 Å². The highest BCUT2D eigenvalue weighted by atomic mass is 32.1. The summed E-state index contributed by atoms with van der Waals surface area (Å²) < 4.78 is 5.31. The quantitative estimate of drug-likeness (QED) is 0.552. The molecule has 2 heterocycles. The first-order valence-electron chi connectivity index (χ1n) is 7.79. The van der Waals surface area contributed by atoms with Crippen molar-refractivity contribution < 1.29 is 9.53 Å². The summed E-state index contributed by atoms with van der Waals surface area (Å²) in [5, 5.41) is 3.23. The van der Waals surface area contributed by atoms with Gasteiger partial charge in [0.1, 0.15) is 5.82 Å². The molecule has 1 saturated heterocycles. The van der Waals surface area contributed by atoms with E-state index in [1.165, 1.54) is 6.20 Å². The normalized spacial score (nSPS) is 13.8. The molecule has 0 saturated carbocycles. The van der Waals surface area contributed by atoms with Gasteiger partial charge in [-0.3, -0.25) is 20.6 Å². The highest BCUT2D eigenvalue weighted by Crippen LogP contribution is 2.11. The number of benzene rings is 1. The minimum Gasteiger partial charge on any atom is -0.378 e. The van der Waals surface area contributed by atoms with Crippen LogP contribution in [0, 0.1) is 0 Å². The van der Waals surface area contributed by atoms with E-state index in [-0.39, 0.29) is 10.8 Å². The number of nitrogens with one attached hydrogen (secondary N) is 3.